The molecule has 0 bridgehead atoms. The zero-order valence-electron chi connectivity index (χ0n) is 15.2. The molecule has 2 N–H and O–H groups in total. The molecule has 1 fully saturated rings. The maximum Gasteiger partial charge on any atom is 0.184 e. The fourth-order valence-electron chi connectivity index (χ4n) is 3.25. The zero-order chi connectivity index (χ0) is 19.3. The quantitative estimate of drug-likeness (QED) is 0.741. The summed E-state index contributed by atoms with van der Waals surface area (Å²) in [5.74, 6) is 0. The van der Waals surface area contributed by atoms with Crippen molar-refractivity contribution in [1.82, 2.24) is 0 Å². The second kappa shape index (κ2) is 8.91. The van der Waals surface area contributed by atoms with Gasteiger partial charge in [-0.05, 0) is 18.1 Å². The molecule has 0 aliphatic carbocycles. The van der Waals surface area contributed by atoms with Crippen LogP contribution in [0.2, 0.25) is 0 Å². The maximum absolute atomic E-state index is 14.6. The van der Waals surface area contributed by atoms with Gasteiger partial charge in [-0.2, -0.15) is 0 Å². The Hall–Kier alpha value is -1.83. The van der Waals surface area contributed by atoms with Gasteiger partial charge >= 0.3 is 0 Å². The van der Waals surface area contributed by atoms with E-state index in [1.54, 1.807) is 0 Å². The van der Waals surface area contributed by atoms with Crippen LogP contribution < -0.4 is 0 Å². The van der Waals surface area contributed by atoms with E-state index >= 15 is 0 Å². The first-order valence-electron chi connectivity index (χ1n) is 8.98. The van der Waals surface area contributed by atoms with Crippen molar-refractivity contribution >= 4 is 0 Å². The van der Waals surface area contributed by atoms with Crippen LogP contribution in [0.4, 0.5) is 4.39 Å². The molecule has 2 aromatic carbocycles. The van der Waals surface area contributed by atoms with E-state index in [-0.39, 0.29) is 19.8 Å². The Kier molecular flexibility index (Phi) is 6.57. The largest absolute Gasteiger partial charge is 0.385 e. The predicted octanol–water partition coefficient (Wildman–Crippen LogP) is 2.59. The smallest absolute Gasteiger partial charge is 0.184 e. The third kappa shape index (κ3) is 4.54. The summed E-state index contributed by atoms with van der Waals surface area (Å²) >= 11 is 0. The van der Waals surface area contributed by atoms with E-state index < -0.39 is 30.3 Å². The van der Waals surface area contributed by atoms with Crippen molar-refractivity contribution in [3.63, 3.8) is 0 Å². The Morgan fingerprint density at radius 2 is 1.56 bits per heavy atom. The Morgan fingerprint density at radius 1 is 1.00 bits per heavy atom. The second-order valence-corrected chi connectivity index (χ2v) is 6.77. The summed E-state index contributed by atoms with van der Waals surface area (Å²) in [6.45, 7) is 1.57. The molecule has 146 valence electrons. The minimum absolute atomic E-state index is 0.159. The number of halogens is 1. The Labute approximate surface area is 158 Å². The zero-order valence-corrected chi connectivity index (χ0v) is 15.2. The molecule has 5 atom stereocenters. The fraction of sp³-hybridized carbons (Fsp3) is 0.429. The maximum atomic E-state index is 14.6. The molecule has 6 heteroatoms. The van der Waals surface area contributed by atoms with Gasteiger partial charge in [0.15, 0.2) is 11.9 Å². The third-order valence-electron chi connectivity index (χ3n) is 4.81. The van der Waals surface area contributed by atoms with Crippen molar-refractivity contribution in [3.8, 4) is 0 Å². The lowest BCUT2D eigenvalue weighted by Gasteiger charge is -2.35. The van der Waals surface area contributed by atoms with Crippen LogP contribution in [-0.2, 0) is 27.4 Å². The minimum atomic E-state index is -1.59. The van der Waals surface area contributed by atoms with Crippen molar-refractivity contribution in [1.29, 1.82) is 0 Å². The number of aliphatic hydroxyl groups is 2. The van der Waals surface area contributed by atoms with Crippen LogP contribution >= 0.6 is 0 Å². The van der Waals surface area contributed by atoms with E-state index in [4.69, 9.17) is 14.2 Å². The van der Waals surface area contributed by atoms with Crippen molar-refractivity contribution < 1.29 is 28.8 Å². The van der Waals surface area contributed by atoms with Crippen molar-refractivity contribution in [2.24, 2.45) is 0 Å². The van der Waals surface area contributed by atoms with Crippen LogP contribution in [0.25, 0.3) is 0 Å². The molecule has 1 heterocycles. The summed E-state index contributed by atoms with van der Waals surface area (Å²) < 4.78 is 31.5. The summed E-state index contributed by atoms with van der Waals surface area (Å²) in [6, 6.07) is 18.8. The van der Waals surface area contributed by atoms with Gasteiger partial charge in [0.2, 0.25) is 0 Å². The van der Waals surface area contributed by atoms with Gasteiger partial charge in [0, 0.05) is 0 Å². The first kappa shape index (κ1) is 19.9. The number of ether oxygens (including phenoxy) is 3. The summed E-state index contributed by atoms with van der Waals surface area (Å²) in [4.78, 5) is 0. The molecule has 5 nitrogen and oxygen atoms in total. The molecule has 3 rings (SSSR count). The van der Waals surface area contributed by atoms with Gasteiger partial charge < -0.3 is 24.4 Å². The first-order valence-corrected chi connectivity index (χ1v) is 8.98. The van der Waals surface area contributed by atoms with Gasteiger partial charge in [-0.15, -0.1) is 0 Å². The third-order valence-corrected chi connectivity index (χ3v) is 4.81. The molecule has 0 spiro atoms. The first-order chi connectivity index (χ1) is 13.0. The molecule has 0 amide bonds. The van der Waals surface area contributed by atoms with Crippen LogP contribution in [0.1, 0.15) is 18.1 Å². The Balaban J connectivity index is 1.71. The monoisotopic (exact) mass is 376 g/mol. The summed E-state index contributed by atoms with van der Waals surface area (Å²) in [7, 11) is 0. The standard InChI is InChI=1S/C21H25FO5/c1-15(22)21(14-25-12-16-8-4-2-5-9-16)19(18(23)20(24)27-21)26-13-17-10-6-3-7-11-17/h2-11,15,18-20,23-24H,12-14H2,1H3/t15?,18-,19+,20+,21+/m1/s1. The van der Waals surface area contributed by atoms with Gasteiger partial charge in [0.05, 0.1) is 19.8 Å². The molecule has 1 aliphatic heterocycles. The van der Waals surface area contributed by atoms with E-state index in [9.17, 15) is 14.6 Å². The molecule has 1 saturated heterocycles. The minimum Gasteiger partial charge on any atom is -0.385 e. The molecule has 1 aliphatic rings. The van der Waals surface area contributed by atoms with Gasteiger partial charge in [0.1, 0.15) is 18.4 Å². The van der Waals surface area contributed by atoms with Crippen molar-refractivity contribution in [2.45, 2.75) is 50.4 Å². The number of hydrogen-bond acceptors (Lipinski definition) is 5. The lowest BCUT2D eigenvalue weighted by Crippen LogP contribution is -2.54. The highest BCUT2D eigenvalue weighted by Crippen LogP contribution is 2.38. The molecule has 27 heavy (non-hydrogen) atoms. The summed E-state index contributed by atoms with van der Waals surface area (Å²) in [5.41, 5.74) is 0.208. The SMILES string of the molecule is CC(F)[C@]1(COCc2ccccc2)O[C@H](O)[C@H](O)[C@@H]1OCc1ccccc1. The number of rotatable bonds is 8. The van der Waals surface area contributed by atoms with E-state index in [2.05, 4.69) is 0 Å². The Morgan fingerprint density at radius 3 is 2.11 bits per heavy atom. The van der Waals surface area contributed by atoms with Gasteiger partial charge in [-0.25, -0.2) is 4.39 Å². The summed E-state index contributed by atoms with van der Waals surface area (Å²) in [6.07, 6.45) is -5.50. The normalized spacial score (nSPS) is 29.0. The number of benzene rings is 2. The molecule has 0 aromatic heterocycles. The molecule has 2 aromatic rings. The molecule has 0 radical (unpaired) electrons. The average Bonchev–Trinajstić information content (AvgIpc) is 2.93. The predicted molar refractivity (Wildman–Crippen MR) is 97.5 cm³/mol. The molecular formula is C21H25FO5. The van der Waals surface area contributed by atoms with Crippen LogP contribution in [0.15, 0.2) is 60.7 Å². The molecule has 1 unspecified atom stereocenters. The number of aliphatic hydroxyl groups excluding tert-OH is 2. The van der Waals surface area contributed by atoms with Gasteiger partial charge in [0.25, 0.3) is 0 Å². The van der Waals surface area contributed by atoms with E-state index in [1.165, 1.54) is 6.92 Å². The lowest BCUT2D eigenvalue weighted by atomic mass is 9.91. The van der Waals surface area contributed by atoms with Crippen LogP contribution in [0, 0.1) is 0 Å². The molecule has 0 saturated carbocycles. The van der Waals surface area contributed by atoms with Gasteiger partial charge in [-0.3, -0.25) is 0 Å². The Bertz CT molecular complexity index is 696. The lowest BCUT2D eigenvalue weighted by molar-refractivity contribution is -0.208. The molecular weight excluding hydrogens is 351 g/mol. The number of hydrogen-bond donors (Lipinski definition) is 2. The van der Waals surface area contributed by atoms with Crippen LogP contribution in [0.5, 0.6) is 0 Å². The van der Waals surface area contributed by atoms with Crippen molar-refractivity contribution in [2.75, 3.05) is 6.61 Å². The van der Waals surface area contributed by atoms with Crippen molar-refractivity contribution in [3.05, 3.63) is 71.8 Å². The highest BCUT2D eigenvalue weighted by Gasteiger charge is 2.59. The van der Waals surface area contributed by atoms with E-state index in [1.807, 2.05) is 60.7 Å². The van der Waals surface area contributed by atoms with E-state index in [0.29, 0.717) is 0 Å². The second-order valence-electron chi connectivity index (χ2n) is 6.77. The number of alkyl halides is 1. The highest BCUT2D eigenvalue weighted by atomic mass is 19.1. The highest BCUT2D eigenvalue weighted by molar-refractivity contribution is 5.15. The fourth-order valence-corrected chi connectivity index (χ4v) is 3.25. The average molecular weight is 376 g/mol. The van der Waals surface area contributed by atoms with Crippen LogP contribution in [-0.4, -0.2) is 47.1 Å². The van der Waals surface area contributed by atoms with E-state index in [0.717, 1.165) is 11.1 Å². The van der Waals surface area contributed by atoms with Crippen LogP contribution in [0.3, 0.4) is 0 Å². The topological polar surface area (TPSA) is 68.2 Å². The van der Waals surface area contributed by atoms with Gasteiger partial charge in [-0.1, -0.05) is 60.7 Å². The summed E-state index contributed by atoms with van der Waals surface area (Å²) in [5, 5.41) is 20.3.